The molecule has 0 heterocycles. The van der Waals surface area contributed by atoms with Crippen molar-refractivity contribution < 1.29 is 14.3 Å². The molecule has 118 valence electrons. The number of hydrogen-bond donors (Lipinski definition) is 1. The molecule has 21 heavy (non-hydrogen) atoms. The Bertz CT molecular complexity index is 444. The topological polar surface area (TPSA) is 47.6 Å². The molecule has 0 radical (unpaired) electrons. The quantitative estimate of drug-likeness (QED) is 0.712. The fourth-order valence-electron chi connectivity index (χ4n) is 1.88. The highest BCUT2D eigenvalue weighted by molar-refractivity contribution is 5.77. The van der Waals surface area contributed by atoms with E-state index in [0.717, 1.165) is 24.3 Å². The average Bonchev–Trinajstić information content (AvgIpc) is 2.41. The van der Waals surface area contributed by atoms with E-state index in [0.29, 0.717) is 19.1 Å². The fraction of sp³-hybridized carbons (Fsp3) is 0.588. The van der Waals surface area contributed by atoms with Crippen LogP contribution >= 0.6 is 0 Å². The predicted octanol–water partition coefficient (Wildman–Crippen LogP) is 2.86. The maximum absolute atomic E-state index is 11.7. The Morgan fingerprint density at radius 1 is 1.29 bits per heavy atom. The van der Waals surface area contributed by atoms with Gasteiger partial charge < -0.3 is 14.8 Å². The molecule has 0 aliphatic heterocycles. The Balaban J connectivity index is 2.14. The molecular formula is C17H27NO3. The molecule has 0 aliphatic rings. The zero-order chi connectivity index (χ0) is 15.7. The Morgan fingerprint density at radius 2 is 2.05 bits per heavy atom. The summed E-state index contributed by atoms with van der Waals surface area (Å²) in [5.41, 5.74) is 2.23. The zero-order valence-electron chi connectivity index (χ0n) is 13.6. The third-order valence-electron chi connectivity index (χ3n) is 2.93. The molecule has 0 fully saturated rings. The van der Waals surface area contributed by atoms with E-state index in [9.17, 15) is 4.79 Å². The minimum Gasteiger partial charge on any atom is -0.484 e. The van der Waals surface area contributed by atoms with E-state index < -0.39 is 0 Å². The van der Waals surface area contributed by atoms with Gasteiger partial charge >= 0.3 is 0 Å². The summed E-state index contributed by atoms with van der Waals surface area (Å²) in [7, 11) is 0. The number of benzene rings is 1. The van der Waals surface area contributed by atoms with Crippen LogP contribution in [0.1, 0.15) is 31.4 Å². The van der Waals surface area contributed by atoms with Gasteiger partial charge in [0.2, 0.25) is 0 Å². The van der Waals surface area contributed by atoms with Gasteiger partial charge in [-0.15, -0.1) is 0 Å². The molecule has 0 aliphatic carbocycles. The normalized spacial score (nSPS) is 10.7. The molecule has 1 rings (SSSR count). The summed E-state index contributed by atoms with van der Waals surface area (Å²) in [6.45, 7) is 10.4. The average molecular weight is 293 g/mol. The van der Waals surface area contributed by atoms with Crippen molar-refractivity contribution in [3.05, 3.63) is 29.3 Å². The maximum atomic E-state index is 11.7. The van der Waals surface area contributed by atoms with Crippen molar-refractivity contribution in [1.82, 2.24) is 5.32 Å². The van der Waals surface area contributed by atoms with Crippen molar-refractivity contribution in [3.8, 4) is 5.75 Å². The molecule has 1 aromatic rings. The molecule has 1 aromatic carbocycles. The number of amides is 1. The number of rotatable bonds is 9. The molecule has 4 heteroatoms. The van der Waals surface area contributed by atoms with Gasteiger partial charge in [0.25, 0.3) is 5.91 Å². The van der Waals surface area contributed by atoms with Gasteiger partial charge in [-0.1, -0.05) is 31.5 Å². The van der Waals surface area contributed by atoms with Crippen LogP contribution in [-0.4, -0.2) is 32.3 Å². The summed E-state index contributed by atoms with van der Waals surface area (Å²) in [6.07, 6.45) is 0.821. The highest BCUT2D eigenvalue weighted by atomic mass is 16.5. The maximum Gasteiger partial charge on any atom is 0.257 e. The van der Waals surface area contributed by atoms with Crippen molar-refractivity contribution >= 4 is 5.91 Å². The first-order chi connectivity index (χ1) is 9.99. The molecule has 0 atom stereocenters. The van der Waals surface area contributed by atoms with Gasteiger partial charge in [0.15, 0.2) is 6.61 Å². The monoisotopic (exact) mass is 293 g/mol. The standard InChI is InChI=1S/C17H27NO3/c1-13(2)11-20-9-5-8-18-17(19)12-21-16-7-6-14(3)10-15(16)4/h6-7,10,13H,5,8-9,11-12H2,1-4H3,(H,18,19). The van der Waals surface area contributed by atoms with Gasteiger partial charge in [-0.25, -0.2) is 0 Å². The van der Waals surface area contributed by atoms with Crippen molar-refractivity contribution in [2.24, 2.45) is 5.92 Å². The van der Waals surface area contributed by atoms with Crippen LogP contribution in [0.2, 0.25) is 0 Å². The Kier molecular flexibility index (Phi) is 7.83. The van der Waals surface area contributed by atoms with E-state index in [4.69, 9.17) is 9.47 Å². The predicted molar refractivity (Wildman–Crippen MR) is 84.7 cm³/mol. The van der Waals surface area contributed by atoms with Crippen LogP contribution in [0.5, 0.6) is 5.75 Å². The van der Waals surface area contributed by atoms with E-state index in [1.807, 2.05) is 32.0 Å². The summed E-state index contributed by atoms with van der Waals surface area (Å²) in [4.78, 5) is 11.7. The number of carbonyl (C=O) groups excluding carboxylic acids is 1. The van der Waals surface area contributed by atoms with Gasteiger partial charge in [0, 0.05) is 19.8 Å². The second-order valence-electron chi connectivity index (χ2n) is 5.73. The van der Waals surface area contributed by atoms with Crippen LogP contribution in [0.15, 0.2) is 18.2 Å². The Morgan fingerprint density at radius 3 is 2.71 bits per heavy atom. The second-order valence-corrected chi connectivity index (χ2v) is 5.73. The Hall–Kier alpha value is -1.55. The molecule has 0 unspecified atom stereocenters. The van der Waals surface area contributed by atoms with E-state index in [1.165, 1.54) is 5.56 Å². The minimum atomic E-state index is -0.0983. The summed E-state index contributed by atoms with van der Waals surface area (Å²) in [6, 6.07) is 5.92. The summed E-state index contributed by atoms with van der Waals surface area (Å²) in [5.74, 6) is 1.21. The number of carbonyl (C=O) groups is 1. The van der Waals surface area contributed by atoms with Crippen LogP contribution in [-0.2, 0) is 9.53 Å². The lowest BCUT2D eigenvalue weighted by atomic mass is 10.1. The largest absolute Gasteiger partial charge is 0.484 e. The molecule has 0 saturated carbocycles. The summed E-state index contributed by atoms with van der Waals surface area (Å²) in [5, 5.41) is 2.83. The van der Waals surface area contributed by atoms with Gasteiger partial charge in [-0.05, 0) is 37.8 Å². The zero-order valence-corrected chi connectivity index (χ0v) is 13.6. The third kappa shape index (κ3) is 7.71. The number of hydrogen-bond acceptors (Lipinski definition) is 3. The number of nitrogens with one attached hydrogen (secondary N) is 1. The first-order valence-corrected chi connectivity index (χ1v) is 7.53. The second kappa shape index (κ2) is 9.40. The van der Waals surface area contributed by atoms with Crippen LogP contribution < -0.4 is 10.1 Å². The lowest BCUT2D eigenvalue weighted by Crippen LogP contribution is -2.30. The third-order valence-corrected chi connectivity index (χ3v) is 2.93. The number of ether oxygens (including phenoxy) is 2. The highest BCUT2D eigenvalue weighted by Crippen LogP contribution is 2.18. The minimum absolute atomic E-state index is 0.0523. The van der Waals surface area contributed by atoms with E-state index in [-0.39, 0.29) is 12.5 Å². The molecule has 1 N–H and O–H groups in total. The van der Waals surface area contributed by atoms with Crippen molar-refractivity contribution in [3.63, 3.8) is 0 Å². The van der Waals surface area contributed by atoms with Gasteiger partial charge in [0.05, 0.1) is 0 Å². The van der Waals surface area contributed by atoms with Gasteiger partial charge in [0.1, 0.15) is 5.75 Å². The lowest BCUT2D eigenvalue weighted by Gasteiger charge is -2.10. The van der Waals surface area contributed by atoms with Crippen molar-refractivity contribution in [1.29, 1.82) is 0 Å². The summed E-state index contributed by atoms with van der Waals surface area (Å²) < 4.78 is 11.0. The van der Waals surface area contributed by atoms with Crippen LogP contribution in [0, 0.1) is 19.8 Å². The van der Waals surface area contributed by atoms with Gasteiger partial charge in [-0.3, -0.25) is 4.79 Å². The first kappa shape index (κ1) is 17.5. The Labute approximate surface area is 127 Å². The molecule has 0 bridgehead atoms. The van der Waals surface area contributed by atoms with E-state index in [2.05, 4.69) is 19.2 Å². The van der Waals surface area contributed by atoms with Crippen molar-refractivity contribution in [2.75, 3.05) is 26.4 Å². The molecule has 0 aromatic heterocycles. The van der Waals surface area contributed by atoms with Crippen molar-refractivity contribution in [2.45, 2.75) is 34.1 Å². The molecule has 0 spiro atoms. The first-order valence-electron chi connectivity index (χ1n) is 7.53. The SMILES string of the molecule is Cc1ccc(OCC(=O)NCCCOCC(C)C)c(C)c1. The summed E-state index contributed by atoms with van der Waals surface area (Å²) >= 11 is 0. The molecule has 4 nitrogen and oxygen atoms in total. The smallest absolute Gasteiger partial charge is 0.257 e. The van der Waals surface area contributed by atoms with E-state index >= 15 is 0 Å². The molecule has 0 saturated heterocycles. The van der Waals surface area contributed by atoms with Gasteiger partial charge in [-0.2, -0.15) is 0 Å². The molecular weight excluding hydrogens is 266 g/mol. The van der Waals surface area contributed by atoms with Crippen LogP contribution in [0.3, 0.4) is 0 Å². The molecule has 1 amide bonds. The van der Waals surface area contributed by atoms with Crippen LogP contribution in [0.25, 0.3) is 0 Å². The lowest BCUT2D eigenvalue weighted by molar-refractivity contribution is -0.123. The number of aryl methyl sites for hydroxylation is 2. The highest BCUT2D eigenvalue weighted by Gasteiger charge is 2.04. The van der Waals surface area contributed by atoms with Crippen LogP contribution in [0.4, 0.5) is 0 Å². The fourth-order valence-corrected chi connectivity index (χ4v) is 1.88. The van der Waals surface area contributed by atoms with E-state index in [1.54, 1.807) is 0 Å².